The fraction of sp³-hybridized carbons (Fsp3) is 0.903. The molecule has 0 saturated carbocycles. The molecular weight excluding hydrogens is 961 g/mol. The van der Waals surface area contributed by atoms with Crippen molar-refractivity contribution in [1.82, 2.24) is 0 Å². The Labute approximate surface area is 487 Å². The second-order valence-electron chi connectivity index (χ2n) is 24.1. The fourth-order valence-electron chi connectivity index (χ4n) is 10.8. The Bertz CT molecular complexity index is 1260. The Hall–Kier alpha value is -2.11. The van der Waals surface area contributed by atoms with Gasteiger partial charge in [0.05, 0.1) is 0 Å². The van der Waals surface area contributed by atoms with Gasteiger partial charge in [-0.25, -0.2) is 0 Å². The summed E-state index contributed by atoms with van der Waals surface area (Å²) in [6.07, 6.45) is 82.0. The molecule has 0 heterocycles. The van der Waals surface area contributed by atoms with Gasteiger partial charge in [-0.15, -0.1) is 0 Å². The Kier molecular flexibility index (Phi) is 65.6. The Morgan fingerprint density at radius 3 is 0.641 bits per heavy atom. The molecule has 0 N–H and O–H groups in total. The van der Waals surface area contributed by atoms with Gasteiger partial charge in [-0.1, -0.05) is 334 Å². The summed E-state index contributed by atoms with van der Waals surface area (Å²) in [6.45, 7) is 6.72. The van der Waals surface area contributed by atoms with E-state index in [9.17, 15) is 14.4 Å². The minimum absolute atomic E-state index is 0.0660. The molecule has 1 atom stereocenters. The zero-order valence-electron chi connectivity index (χ0n) is 53.0. The van der Waals surface area contributed by atoms with E-state index in [0.29, 0.717) is 19.3 Å². The number of carbonyl (C=O) groups excluding carboxylic acids is 3. The molecule has 0 aromatic rings. The van der Waals surface area contributed by atoms with Crippen LogP contribution in [0.4, 0.5) is 0 Å². The lowest BCUT2D eigenvalue weighted by molar-refractivity contribution is -0.167. The summed E-state index contributed by atoms with van der Waals surface area (Å²) >= 11 is 0. The molecule has 0 aliphatic heterocycles. The van der Waals surface area contributed by atoms with Crippen molar-refractivity contribution in [3.05, 3.63) is 24.3 Å². The van der Waals surface area contributed by atoms with Crippen LogP contribution >= 0.6 is 0 Å². The van der Waals surface area contributed by atoms with Crippen molar-refractivity contribution < 1.29 is 28.6 Å². The van der Waals surface area contributed by atoms with Crippen molar-refractivity contribution in [3.63, 3.8) is 0 Å². The van der Waals surface area contributed by atoms with E-state index < -0.39 is 6.10 Å². The van der Waals surface area contributed by atoms with E-state index in [1.54, 1.807) is 0 Å². The molecule has 0 fully saturated rings. The van der Waals surface area contributed by atoms with Gasteiger partial charge >= 0.3 is 17.9 Å². The highest BCUT2D eigenvalue weighted by Gasteiger charge is 2.19. The Balaban J connectivity index is 4.26. The van der Waals surface area contributed by atoms with E-state index >= 15 is 0 Å². The van der Waals surface area contributed by atoms with Crippen LogP contribution in [0.3, 0.4) is 0 Å². The number of allylic oxidation sites excluding steroid dienone is 4. The predicted octanol–water partition coefficient (Wildman–Crippen LogP) is 24.2. The molecule has 78 heavy (non-hydrogen) atoms. The minimum atomic E-state index is -0.770. The van der Waals surface area contributed by atoms with E-state index in [1.807, 2.05) is 0 Å². The summed E-state index contributed by atoms with van der Waals surface area (Å²) in [6, 6.07) is 0. The van der Waals surface area contributed by atoms with Crippen LogP contribution in [0.5, 0.6) is 0 Å². The minimum Gasteiger partial charge on any atom is -0.462 e. The van der Waals surface area contributed by atoms with E-state index in [1.165, 1.54) is 302 Å². The van der Waals surface area contributed by atoms with Gasteiger partial charge in [0.25, 0.3) is 0 Å². The van der Waals surface area contributed by atoms with Gasteiger partial charge in [-0.05, 0) is 70.6 Å². The molecular formula is C72H136O6. The molecule has 0 aromatic carbocycles. The second-order valence-corrected chi connectivity index (χ2v) is 24.1. The molecule has 0 aliphatic rings. The first-order chi connectivity index (χ1) is 38.5. The van der Waals surface area contributed by atoms with Crippen LogP contribution in [0.25, 0.3) is 0 Å². The van der Waals surface area contributed by atoms with E-state index in [-0.39, 0.29) is 31.1 Å². The first kappa shape index (κ1) is 75.9. The summed E-state index contributed by atoms with van der Waals surface area (Å²) in [5.74, 6) is -0.836. The molecule has 460 valence electrons. The number of hydrogen-bond donors (Lipinski definition) is 0. The maximum Gasteiger partial charge on any atom is 0.306 e. The molecule has 0 spiro atoms. The molecule has 6 nitrogen and oxygen atoms in total. The smallest absolute Gasteiger partial charge is 0.306 e. The van der Waals surface area contributed by atoms with Gasteiger partial charge in [0.1, 0.15) is 13.2 Å². The molecule has 0 aliphatic carbocycles. The average Bonchev–Trinajstić information content (AvgIpc) is 3.44. The highest BCUT2D eigenvalue weighted by Crippen LogP contribution is 2.18. The number of unbranched alkanes of at least 4 members (excludes halogenated alkanes) is 51. The van der Waals surface area contributed by atoms with Gasteiger partial charge in [0, 0.05) is 19.3 Å². The Morgan fingerprint density at radius 1 is 0.244 bits per heavy atom. The fourth-order valence-corrected chi connectivity index (χ4v) is 10.8. The zero-order chi connectivity index (χ0) is 56.4. The standard InChI is InChI=1S/C72H136O6/c1-4-7-10-13-16-19-22-25-28-31-33-34-35-36-37-38-40-41-44-47-50-53-56-59-62-65-71(74)77-68-69(67-76-70(73)64-61-58-55-52-49-46-43-30-27-24-21-18-15-12-9-6-3)78-72(75)66-63-60-57-54-51-48-45-42-39-32-29-26-23-20-17-14-11-8-5-2/h26,29,31,33,69H,4-25,27-28,30,32,34-68H2,1-3H3/b29-26-,33-31-. The molecule has 0 amide bonds. The Morgan fingerprint density at radius 2 is 0.423 bits per heavy atom. The number of ether oxygens (including phenoxy) is 3. The second kappa shape index (κ2) is 67.4. The van der Waals surface area contributed by atoms with Crippen LogP contribution in [0.1, 0.15) is 400 Å². The van der Waals surface area contributed by atoms with Crippen LogP contribution in [-0.4, -0.2) is 37.2 Å². The van der Waals surface area contributed by atoms with Gasteiger partial charge in [-0.3, -0.25) is 14.4 Å². The molecule has 0 radical (unpaired) electrons. The highest BCUT2D eigenvalue weighted by atomic mass is 16.6. The highest BCUT2D eigenvalue weighted by molar-refractivity contribution is 5.71. The quantitative estimate of drug-likeness (QED) is 0.0261. The normalized spacial score (nSPS) is 12.1. The van der Waals surface area contributed by atoms with E-state index in [4.69, 9.17) is 14.2 Å². The van der Waals surface area contributed by atoms with Gasteiger partial charge < -0.3 is 14.2 Å². The lowest BCUT2D eigenvalue weighted by Crippen LogP contribution is -2.30. The molecule has 6 heteroatoms. The first-order valence-corrected chi connectivity index (χ1v) is 35.3. The van der Waals surface area contributed by atoms with Crippen LogP contribution < -0.4 is 0 Å². The average molecular weight is 1100 g/mol. The van der Waals surface area contributed by atoms with E-state index in [0.717, 1.165) is 57.8 Å². The maximum absolute atomic E-state index is 12.9. The number of carbonyl (C=O) groups is 3. The largest absolute Gasteiger partial charge is 0.462 e. The van der Waals surface area contributed by atoms with Gasteiger partial charge in [-0.2, -0.15) is 0 Å². The lowest BCUT2D eigenvalue weighted by Gasteiger charge is -2.18. The predicted molar refractivity (Wildman–Crippen MR) is 340 cm³/mol. The first-order valence-electron chi connectivity index (χ1n) is 35.3. The van der Waals surface area contributed by atoms with Crippen molar-refractivity contribution >= 4 is 17.9 Å². The third kappa shape index (κ3) is 64.7. The summed E-state index contributed by atoms with van der Waals surface area (Å²) in [5, 5.41) is 0. The molecule has 0 saturated heterocycles. The van der Waals surface area contributed by atoms with E-state index in [2.05, 4.69) is 45.1 Å². The lowest BCUT2D eigenvalue weighted by atomic mass is 10.0. The van der Waals surface area contributed by atoms with Crippen LogP contribution in [-0.2, 0) is 28.6 Å². The third-order valence-corrected chi connectivity index (χ3v) is 16.2. The summed E-state index contributed by atoms with van der Waals surface area (Å²) in [4.78, 5) is 38.4. The topological polar surface area (TPSA) is 78.9 Å². The molecule has 0 aromatic heterocycles. The summed E-state index contributed by atoms with van der Waals surface area (Å²) < 4.78 is 17.0. The van der Waals surface area contributed by atoms with Crippen molar-refractivity contribution in [1.29, 1.82) is 0 Å². The summed E-state index contributed by atoms with van der Waals surface area (Å²) in [5.41, 5.74) is 0. The molecule has 0 rings (SSSR count). The third-order valence-electron chi connectivity index (χ3n) is 16.2. The van der Waals surface area contributed by atoms with Crippen molar-refractivity contribution in [2.45, 2.75) is 406 Å². The van der Waals surface area contributed by atoms with Crippen LogP contribution in [0.15, 0.2) is 24.3 Å². The van der Waals surface area contributed by atoms with Gasteiger partial charge in [0.2, 0.25) is 0 Å². The van der Waals surface area contributed by atoms with Crippen molar-refractivity contribution in [2.75, 3.05) is 13.2 Å². The van der Waals surface area contributed by atoms with Crippen molar-refractivity contribution in [2.24, 2.45) is 0 Å². The monoisotopic (exact) mass is 1100 g/mol. The molecule has 0 bridgehead atoms. The summed E-state index contributed by atoms with van der Waals surface area (Å²) in [7, 11) is 0. The van der Waals surface area contributed by atoms with Crippen LogP contribution in [0, 0.1) is 0 Å². The SMILES string of the molecule is CCCCCCCC/C=C\CCCCCCCCCCCC(=O)OC(COC(=O)CCCCCCCCCCCCCCC/C=C\CCCCCCCCCC)COC(=O)CCCCCCCCCCCCCCCCCC. The zero-order valence-corrected chi connectivity index (χ0v) is 53.0. The number of esters is 3. The number of rotatable bonds is 66. The molecule has 1 unspecified atom stereocenters. The van der Waals surface area contributed by atoms with Crippen LogP contribution in [0.2, 0.25) is 0 Å². The maximum atomic E-state index is 12.9. The van der Waals surface area contributed by atoms with Gasteiger partial charge in [0.15, 0.2) is 6.10 Å². The van der Waals surface area contributed by atoms with Crippen molar-refractivity contribution in [3.8, 4) is 0 Å². The number of hydrogen-bond acceptors (Lipinski definition) is 6.